The van der Waals surface area contributed by atoms with Crippen LogP contribution in [-0.4, -0.2) is 66.8 Å². The SMILES string of the molecule is C=N/C=C(F)\C(=N/CNc1ccc(N2CCN(C)CC2)cc1CC)c1cc(F)c2nc(C)n(C(C)C)c2c1. The van der Waals surface area contributed by atoms with Gasteiger partial charge in [-0.3, -0.25) is 9.98 Å². The van der Waals surface area contributed by atoms with Gasteiger partial charge in [-0.25, -0.2) is 13.8 Å². The third kappa shape index (κ3) is 5.78. The number of aromatic nitrogens is 2. The first-order valence-electron chi connectivity index (χ1n) is 13.1. The summed E-state index contributed by atoms with van der Waals surface area (Å²) in [5.74, 6) is -0.510. The van der Waals surface area contributed by atoms with Gasteiger partial charge in [0.25, 0.3) is 0 Å². The smallest absolute Gasteiger partial charge is 0.167 e. The number of nitrogens with one attached hydrogen (secondary N) is 1. The third-order valence-corrected chi connectivity index (χ3v) is 6.99. The molecular formula is C29H37F2N7. The van der Waals surface area contributed by atoms with Crippen molar-refractivity contribution in [2.24, 2.45) is 9.98 Å². The summed E-state index contributed by atoms with van der Waals surface area (Å²) < 4.78 is 32.1. The Morgan fingerprint density at radius 1 is 1.18 bits per heavy atom. The van der Waals surface area contributed by atoms with Crippen LogP contribution in [0.25, 0.3) is 11.0 Å². The van der Waals surface area contributed by atoms with E-state index in [1.807, 2.05) is 25.3 Å². The van der Waals surface area contributed by atoms with Crippen LogP contribution in [0, 0.1) is 12.7 Å². The van der Waals surface area contributed by atoms with E-state index in [-0.39, 0.29) is 23.9 Å². The van der Waals surface area contributed by atoms with Gasteiger partial charge in [0.15, 0.2) is 11.6 Å². The second kappa shape index (κ2) is 11.9. The first-order chi connectivity index (χ1) is 18.2. The van der Waals surface area contributed by atoms with Crippen LogP contribution in [0.2, 0.25) is 0 Å². The molecule has 1 aliphatic heterocycles. The monoisotopic (exact) mass is 521 g/mol. The topological polar surface area (TPSA) is 61.1 Å². The molecule has 2 aromatic carbocycles. The summed E-state index contributed by atoms with van der Waals surface area (Å²) in [4.78, 5) is 17.2. The number of hydrogen-bond donors (Lipinski definition) is 1. The van der Waals surface area contributed by atoms with Crippen LogP contribution in [-0.2, 0) is 6.42 Å². The molecule has 1 saturated heterocycles. The highest BCUT2D eigenvalue weighted by atomic mass is 19.1. The fourth-order valence-electron chi connectivity index (χ4n) is 5.01. The Bertz CT molecular complexity index is 1360. The van der Waals surface area contributed by atoms with Gasteiger partial charge < -0.3 is 19.7 Å². The zero-order valence-electron chi connectivity index (χ0n) is 22.9. The summed E-state index contributed by atoms with van der Waals surface area (Å²) in [6.07, 6.45) is 1.84. The molecule has 0 radical (unpaired) electrons. The third-order valence-electron chi connectivity index (χ3n) is 6.99. The van der Waals surface area contributed by atoms with Gasteiger partial charge in [0.2, 0.25) is 0 Å². The minimum atomic E-state index is -0.686. The van der Waals surface area contributed by atoms with Gasteiger partial charge >= 0.3 is 0 Å². The van der Waals surface area contributed by atoms with Crippen LogP contribution in [0.5, 0.6) is 0 Å². The van der Waals surface area contributed by atoms with E-state index in [1.54, 1.807) is 6.07 Å². The summed E-state index contributed by atoms with van der Waals surface area (Å²) in [7, 11) is 2.14. The molecule has 7 nitrogen and oxygen atoms in total. The van der Waals surface area contributed by atoms with Gasteiger partial charge in [0, 0.05) is 49.2 Å². The van der Waals surface area contributed by atoms with Gasteiger partial charge in [-0.1, -0.05) is 6.92 Å². The number of anilines is 2. The predicted molar refractivity (Wildman–Crippen MR) is 154 cm³/mol. The first-order valence-corrected chi connectivity index (χ1v) is 13.1. The number of halogens is 2. The number of piperazine rings is 1. The average molecular weight is 522 g/mol. The van der Waals surface area contributed by atoms with Crippen molar-refractivity contribution < 1.29 is 8.78 Å². The van der Waals surface area contributed by atoms with Crippen LogP contribution >= 0.6 is 0 Å². The number of aryl methyl sites for hydroxylation is 2. The fourth-order valence-corrected chi connectivity index (χ4v) is 5.01. The van der Waals surface area contributed by atoms with Crippen molar-refractivity contribution in [1.82, 2.24) is 14.5 Å². The molecule has 1 aromatic heterocycles. The minimum Gasteiger partial charge on any atom is -0.369 e. The Balaban J connectivity index is 1.63. The number of nitrogens with zero attached hydrogens (tertiary/aromatic N) is 6. The first kappa shape index (κ1) is 27.4. The van der Waals surface area contributed by atoms with Crippen molar-refractivity contribution in [3.8, 4) is 0 Å². The maximum Gasteiger partial charge on any atom is 0.167 e. The van der Waals surface area contributed by atoms with E-state index < -0.39 is 11.6 Å². The Kier molecular flexibility index (Phi) is 8.56. The van der Waals surface area contributed by atoms with Crippen LogP contribution in [0.4, 0.5) is 20.2 Å². The normalized spacial score (nSPS) is 15.5. The molecule has 0 spiro atoms. The molecule has 1 aliphatic rings. The molecule has 0 atom stereocenters. The molecule has 0 saturated carbocycles. The number of rotatable bonds is 9. The molecule has 202 valence electrons. The number of allylic oxidation sites excluding steroid dienone is 1. The molecule has 4 rings (SSSR count). The van der Waals surface area contributed by atoms with Crippen LogP contribution < -0.4 is 10.2 Å². The second-order valence-electron chi connectivity index (χ2n) is 9.94. The van der Waals surface area contributed by atoms with Crippen molar-refractivity contribution in [3.05, 3.63) is 65.1 Å². The Hall–Kier alpha value is -3.59. The number of benzene rings is 2. The lowest BCUT2D eigenvalue weighted by atomic mass is 10.1. The Labute approximate surface area is 223 Å². The molecule has 9 heteroatoms. The zero-order chi connectivity index (χ0) is 27.4. The van der Waals surface area contributed by atoms with E-state index >= 15 is 8.78 Å². The maximum atomic E-state index is 15.1. The van der Waals surface area contributed by atoms with E-state index in [9.17, 15) is 0 Å². The van der Waals surface area contributed by atoms with Gasteiger partial charge in [-0.15, -0.1) is 0 Å². The largest absolute Gasteiger partial charge is 0.369 e. The van der Waals surface area contributed by atoms with Crippen molar-refractivity contribution in [2.45, 2.75) is 40.2 Å². The van der Waals surface area contributed by atoms with Gasteiger partial charge in [0.1, 0.15) is 23.7 Å². The molecular weight excluding hydrogens is 484 g/mol. The lowest BCUT2D eigenvalue weighted by Gasteiger charge is -2.34. The molecule has 38 heavy (non-hydrogen) atoms. The summed E-state index contributed by atoms with van der Waals surface area (Å²) in [6, 6.07) is 9.44. The number of aliphatic imine (C=N–C) groups is 2. The van der Waals surface area contributed by atoms with E-state index in [2.05, 4.69) is 69.0 Å². The number of likely N-dealkylation sites (N-methyl/N-ethyl adjacent to an activating group) is 1. The fraction of sp³-hybridized carbons (Fsp3) is 0.414. The molecule has 1 fully saturated rings. The minimum absolute atomic E-state index is 0.00645. The van der Waals surface area contributed by atoms with Gasteiger partial charge in [-0.2, -0.15) is 0 Å². The lowest BCUT2D eigenvalue weighted by Crippen LogP contribution is -2.44. The van der Waals surface area contributed by atoms with Gasteiger partial charge in [0.05, 0.1) is 11.7 Å². The van der Waals surface area contributed by atoms with Crippen LogP contribution in [0.3, 0.4) is 0 Å². The Morgan fingerprint density at radius 2 is 1.92 bits per heavy atom. The molecule has 0 bridgehead atoms. The van der Waals surface area contributed by atoms with Gasteiger partial charge in [-0.05, 0) is 76.9 Å². The standard InChI is InChI=1S/C29H37F2N7/c1-7-21-14-23(37-12-10-36(6)11-13-37)8-9-26(21)33-18-34-28(25(31)17-32-5)22-15-24(30)29-27(16-22)38(19(2)3)20(4)35-29/h8-9,14-17,19,33H,5,7,10-13,18H2,1-4,6H3/b25-17+,34-28-. The molecule has 3 aromatic rings. The van der Waals surface area contributed by atoms with Crippen molar-refractivity contribution >= 4 is 34.8 Å². The summed E-state index contributed by atoms with van der Waals surface area (Å²) in [6.45, 7) is 15.5. The predicted octanol–water partition coefficient (Wildman–Crippen LogP) is 5.75. The molecule has 1 N–H and O–H groups in total. The molecule has 0 unspecified atom stereocenters. The van der Waals surface area contributed by atoms with E-state index in [1.165, 1.54) is 11.8 Å². The van der Waals surface area contributed by atoms with E-state index in [0.29, 0.717) is 16.9 Å². The quantitative estimate of drug-likeness (QED) is 0.364. The number of imidazole rings is 1. The van der Waals surface area contributed by atoms with E-state index in [4.69, 9.17) is 0 Å². The van der Waals surface area contributed by atoms with Crippen molar-refractivity contribution in [2.75, 3.05) is 50.1 Å². The highest BCUT2D eigenvalue weighted by Crippen LogP contribution is 2.27. The number of hydrogen-bond acceptors (Lipinski definition) is 6. The van der Waals surface area contributed by atoms with Crippen molar-refractivity contribution in [1.29, 1.82) is 0 Å². The van der Waals surface area contributed by atoms with E-state index in [0.717, 1.165) is 50.1 Å². The maximum absolute atomic E-state index is 15.1. The second-order valence-corrected chi connectivity index (χ2v) is 9.94. The van der Waals surface area contributed by atoms with Crippen LogP contribution in [0.15, 0.2) is 52.3 Å². The summed E-state index contributed by atoms with van der Waals surface area (Å²) in [5, 5.41) is 3.32. The van der Waals surface area contributed by atoms with Crippen LogP contribution in [0.1, 0.15) is 43.8 Å². The average Bonchev–Trinajstić information content (AvgIpc) is 3.23. The number of fused-ring (bicyclic) bond motifs is 1. The Morgan fingerprint density at radius 3 is 2.58 bits per heavy atom. The molecule has 0 aliphatic carbocycles. The highest BCUT2D eigenvalue weighted by Gasteiger charge is 2.19. The highest BCUT2D eigenvalue weighted by molar-refractivity contribution is 6.12. The summed E-state index contributed by atoms with van der Waals surface area (Å²) >= 11 is 0. The molecule has 2 heterocycles. The lowest BCUT2D eigenvalue weighted by molar-refractivity contribution is 0.313. The molecule has 0 amide bonds. The van der Waals surface area contributed by atoms with Crippen molar-refractivity contribution in [3.63, 3.8) is 0 Å². The zero-order valence-corrected chi connectivity index (χ0v) is 22.9. The summed E-state index contributed by atoms with van der Waals surface area (Å²) in [5.41, 5.74) is 4.48.